The lowest BCUT2D eigenvalue weighted by molar-refractivity contribution is 0.670. The van der Waals surface area contributed by atoms with E-state index >= 15 is 0 Å². The summed E-state index contributed by atoms with van der Waals surface area (Å²) in [6.45, 7) is 8.36. The lowest BCUT2D eigenvalue weighted by Crippen LogP contribution is -1.86. The third kappa shape index (κ3) is 18.7. The summed E-state index contributed by atoms with van der Waals surface area (Å²) in [5, 5.41) is 8.42. The number of nitrogens with zero attached hydrogens (tertiary/aromatic N) is 1. The van der Waals surface area contributed by atoms with Gasteiger partial charge in [0.2, 0.25) is 0 Å². The highest BCUT2D eigenvalue weighted by molar-refractivity contribution is 4.85. The highest BCUT2D eigenvalue weighted by atomic mass is 14.2. The maximum absolute atomic E-state index is 8.42. The SMILES string of the molecule is CCC=CCC.CCC=CCCC(C)C#N. The molecule has 0 N–H and O–H groups in total. The predicted molar refractivity (Wildman–Crippen MR) is 73.2 cm³/mol. The Kier molecular flexibility index (Phi) is 17.8. The van der Waals surface area contributed by atoms with Crippen LogP contribution < -0.4 is 0 Å². The van der Waals surface area contributed by atoms with Gasteiger partial charge in [-0.15, -0.1) is 0 Å². The van der Waals surface area contributed by atoms with E-state index in [1.807, 2.05) is 6.92 Å². The molecule has 1 nitrogen and oxygen atoms in total. The van der Waals surface area contributed by atoms with Gasteiger partial charge in [-0.1, -0.05) is 45.1 Å². The Morgan fingerprint density at radius 2 is 1.38 bits per heavy atom. The molecule has 0 spiro atoms. The van der Waals surface area contributed by atoms with Crippen LogP contribution in [0.4, 0.5) is 0 Å². The summed E-state index contributed by atoms with van der Waals surface area (Å²) < 4.78 is 0. The standard InChI is InChI=1S/C9H15N.C6H12/c1-3-4-5-6-7-9(2)8-10;1-3-5-6-4-2/h4-5,9H,3,6-7H2,1-2H3;5-6H,3-4H2,1-2H3. The second kappa shape index (κ2) is 16.4. The average molecular weight is 221 g/mol. The van der Waals surface area contributed by atoms with Crippen molar-refractivity contribution >= 4 is 0 Å². The topological polar surface area (TPSA) is 23.8 Å². The van der Waals surface area contributed by atoms with Gasteiger partial charge in [-0.2, -0.15) is 5.26 Å². The summed E-state index contributed by atoms with van der Waals surface area (Å²) in [7, 11) is 0. The van der Waals surface area contributed by atoms with Crippen LogP contribution in [0.2, 0.25) is 0 Å². The summed E-state index contributed by atoms with van der Waals surface area (Å²) in [4.78, 5) is 0. The Morgan fingerprint density at radius 3 is 1.75 bits per heavy atom. The monoisotopic (exact) mass is 221 g/mol. The van der Waals surface area contributed by atoms with Crippen LogP contribution in [0.1, 0.15) is 59.8 Å². The fraction of sp³-hybridized carbons (Fsp3) is 0.667. The molecule has 1 unspecified atom stereocenters. The molecule has 0 aromatic rings. The molecule has 0 saturated heterocycles. The second-order valence-corrected chi connectivity index (χ2v) is 3.78. The summed E-state index contributed by atoms with van der Waals surface area (Å²) >= 11 is 0. The number of nitriles is 1. The van der Waals surface area contributed by atoms with Crippen molar-refractivity contribution in [3.63, 3.8) is 0 Å². The quantitative estimate of drug-likeness (QED) is 0.561. The van der Waals surface area contributed by atoms with Gasteiger partial charge in [0.25, 0.3) is 0 Å². The Balaban J connectivity index is 0. The molecule has 0 fully saturated rings. The van der Waals surface area contributed by atoms with E-state index in [2.05, 4.69) is 51.1 Å². The van der Waals surface area contributed by atoms with Crippen LogP contribution in [0.15, 0.2) is 24.3 Å². The molecule has 0 bridgehead atoms. The second-order valence-electron chi connectivity index (χ2n) is 3.78. The van der Waals surface area contributed by atoms with Gasteiger partial charge in [-0.3, -0.25) is 0 Å². The molecule has 0 heterocycles. The number of allylic oxidation sites excluding steroid dienone is 4. The molecule has 0 aliphatic carbocycles. The van der Waals surface area contributed by atoms with Crippen LogP contribution in [0, 0.1) is 17.2 Å². The Bertz CT molecular complexity index is 202. The maximum Gasteiger partial charge on any atom is 0.0652 e. The Morgan fingerprint density at radius 1 is 0.938 bits per heavy atom. The summed E-state index contributed by atoms with van der Waals surface area (Å²) in [5.41, 5.74) is 0. The fourth-order valence-corrected chi connectivity index (χ4v) is 1.03. The van der Waals surface area contributed by atoms with E-state index in [1.54, 1.807) is 0 Å². The lowest BCUT2D eigenvalue weighted by Gasteiger charge is -1.95. The van der Waals surface area contributed by atoms with Gasteiger partial charge in [0, 0.05) is 5.92 Å². The first-order valence-corrected chi connectivity index (χ1v) is 6.42. The fourth-order valence-electron chi connectivity index (χ4n) is 1.03. The molecule has 1 heteroatoms. The number of hydrogen-bond donors (Lipinski definition) is 0. The van der Waals surface area contributed by atoms with Crippen molar-refractivity contribution in [1.82, 2.24) is 0 Å². The molecular weight excluding hydrogens is 194 g/mol. The minimum Gasteiger partial charge on any atom is -0.198 e. The van der Waals surface area contributed by atoms with Crippen LogP contribution >= 0.6 is 0 Å². The van der Waals surface area contributed by atoms with E-state index in [9.17, 15) is 0 Å². The third-order valence-corrected chi connectivity index (χ3v) is 2.03. The normalized spacial score (nSPS) is 12.2. The Labute approximate surface area is 102 Å². The highest BCUT2D eigenvalue weighted by Gasteiger charge is 1.94. The van der Waals surface area contributed by atoms with Crippen molar-refractivity contribution in [1.29, 1.82) is 5.26 Å². The molecule has 92 valence electrons. The summed E-state index contributed by atoms with van der Waals surface area (Å²) in [5.74, 6) is 0.210. The minimum absolute atomic E-state index is 0.210. The van der Waals surface area contributed by atoms with Gasteiger partial charge < -0.3 is 0 Å². The molecule has 0 aromatic carbocycles. The first kappa shape index (κ1) is 17.4. The van der Waals surface area contributed by atoms with Gasteiger partial charge in [-0.25, -0.2) is 0 Å². The molecule has 0 aromatic heterocycles. The van der Waals surface area contributed by atoms with Crippen molar-refractivity contribution in [2.75, 3.05) is 0 Å². The zero-order valence-electron chi connectivity index (χ0n) is 11.4. The number of rotatable bonds is 6. The molecule has 0 aliphatic heterocycles. The number of hydrogen-bond acceptors (Lipinski definition) is 1. The summed E-state index contributed by atoms with van der Waals surface area (Å²) in [6.07, 6.45) is 14.1. The first-order chi connectivity index (χ1) is 7.72. The van der Waals surface area contributed by atoms with E-state index < -0.39 is 0 Å². The molecule has 0 saturated carbocycles. The van der Waals surface area contributed by atoms with Gasteiger partial charge in [0.15, 0.2) is 0 Å². The van der Waals surface area contributed by atoms with Crippen molar-refractivity contribution in [3.05, 3.63) is 24.3 Å². The van der Waals surface area contributed by atoms with Crippen molar-refractivity contribution < 1.29 is 0 Å². The molecule has 0 amide bonds. The first-order valence-electron chi connectivity index (χ1n) is 6.42. The Hall–Kier alpha value is -1.03. The van der Waals surface area contributed by atoms with Crippen LogP contribution in [-0.2, 0) is 0 Å². The van der Waals surface area contributed by atoms with Gasteiger partial charge in [-0.05, 0) is 39.0 Å². The molecule has 0 rings (SSSR count). The average Bonchev–Trinajstić information content (AvgIpc) is 2.32. The smallest absolute Gasteiger partial charge is 0.0652 e. The molecule has 16 heavy (non-hydrogen) atoms. The van der Waals surface area contributed by atoms with E-state index in [-0.39, 0.29) is 5.92 Å². The highest BCUT2D eigenvalue weighted by Crippen LogP contribution is 2.03. The van der Waals surface area contributed by atoms with Crippen molar-refractivity contribution in [2.45, 2.75) is 59.8 Å². The van der Waals surface area contributed by atoms with Gasteiger partial charge >= 0.3 is 0 Å². The zero-order valence-corrected chi connectivity index (χ0v) is 11.4. The maximum atomic E-state index is 8.42. The van der Waals surface area contributed by atoms with Crippen LogP contribution in [-0.4, -0.2) is 0 Å². The van der Waals surface area contributed by atoms with Crippen LogP contribution in [0.3, 0.4) is 0 Å². The van der Waals surface area contributed by atoms with E-state index in [0.717, 1.165) is 19.3 Å². The van der Waals surface area contributed by atoms with Crippen molar-refractivity contribution in [3.8, 4) is 6.07 Å². The minimum atomic E-state index is 0.210. The van der Waals surface area contributed by atoms with Gasteiger partial charge in [0.1, 0.15) is 0 Å². The molecule has 1 atom stereocenters. The van der Waals surface area contributed by atoms with Gasteiger partial charge in [0.05, 0.1) is 6.07 Å². The molecular formula is C15H27N. The zero-order chi connectivity index (χ0) is 12.6. The van der Waals surface area contributed by atoms with Crippen LogP contribution in [0.25, 0.3) is 0 Å². The third-order valence-electron chi connectivity index (χ3n) is 2.03. The molecule has 0 aliphatic rings. The van der Waals surface area contributed by atoms with Crippen molar-refractivity contribution in [2.24, 2.45) is 5.92 Å². The lowest BCUT2D eigenvalue weighted by atomic mass is 10.1. The van der Waals surface area contributed by atoms with E-state index in [0.29, 0.717) is 0 Å². The predicted octanol–water partition coefficient (Wildman–Crippen LogP) is 5.26. The van der Waals surface area contributed by atoms with E-state index in [4.69, 9.17) is 5.26 Å². The largest absolute Gasteiger partial charge is 0.198 e. The summed E-state index contributed by atoms with van der Waals surface area (Å²) in [6, 6.07) is 2.21. The molecule has 0 radical (unpaired) electrons. The van der Waals surface area contributed by atoms with E-state index in [1.165, 1.54) is 12.8 Å². The van der Waals surface area contributed by atoms with Crippen LogP contribution in [0.5, 0.6) is 0 Å².